The molecule has 0 saturated carbocycles. The standard InChI is InChI=1S/C22H20ClIO2/c23-22-15-21(12-11-18(22)8-5-13-24)26-20-10-4-9-19(14-20)25-16-17-6-2-1-3-7-17/h1-4,6-7,9-12,14-15H,5,8,13,16H2. The average molecular weight is 479 g/mol. The van der Waals surface area contributed by atoms with E-state index in [1.807, 2.05) is 72.8 Å². The number of halogens is 2. The highest BCUT2D eigenvalue weighted by molar-refractivity contribution is 14.1. The van der Waals surface area contributed by atoms with Crippen LogP contribution in [-0.4, -0.2) is 4.43 Å². The number of hydrogen-bond donors (Lipinski definition) is 0. The van der Waals surface area contributed by atoms with E-state index in [0.29, 0.717) is 6.61 Å². The molecule has 26 heavy (non-hydrogen) atoms. The number of benzene rings is 3. The van der Waals surface area contributed by atoms with E-state index < -0.39 is 0 Å². The molecule has 0 amide bonds. The van der Waals surface area contributed by atoms with Crippen molar-refractivity contribution in [1.82, 2.24) is 0 Å². The molecule has 0 unspecified atom stereocenters. The Balaban J connectivity index is 1.64. The van der Waals surface area contributed by atoms with Gasteiger partial charge < -0.3 is 9.47 Å². The van der Waals surface area contributed by atoms with E-state index in [1.165, 1.54) is 0 Å². The fourth-order valence-electron chi connectivity index (χ4n) is 2.56. The summed E-state index contributed by atoms with van der Waals surface area (Å²) in [6.07, 6.45) is 2.12. The van der Waals surface area contributed by atoms with Crippen molar-refractivity contribution < 1.29 is 9.47 Å². The van der Waals surface area contributed by atoms with Gasteiger partial charge in [-0.3, -0.25) is 0 Å². The number of aryl methyl sites for hydroxylation is 1. The molecule has 0 aromatic heterocycles. The van der Waals surface area contributed by atoms with Crippen LogP contribution in [-0.2, 0) is 13.0 Å². The van der Waals surface area contributed by atoms with Crippen molar-refractivity contribution in [3.8, 4) is 17.2 Å². The number of rotatable bonds is 8. The number of hydrogen-bond acceptors (Lipinski definition) is 2. The molecule has 2 nitrogen and oxygen atoms in total. The lowest BCUT2D eigenvalue weighted by atomic mass is 10.1. The molecule has 3 aromatic rings. The van der Waals surface area contributed by atoms with Gasteiger partial charge in [-0.25, -0.2) is 0 Å². The van der Waals surface area contributed by atoms with E-state index in [4.69, 9.17) is 21.1 Å². The Morgan fingerprint density at radius 1 is 0.808 bits per heavy atom. The molecular formula is C22H20ClIO2. The van der Waals surface area contributed by atoms with Crippen LogP contribution in [0.25, 0.3) is 0 Å². The molecule has 0 spiro atoms. The van der Waals surface area contributed by atoms with Crippen LogP contribution in [0.3, 0.4) is 0 Å². The van der Waals surface area contributed by atoms with Crippen LogP contribution in [0.1, 0.15) is 17.5 Å². The molecule has 0 radical (unpaired) electrons. The summed E-state index contributed by atoms with van der Waals surface area (Å²) in [5, 5.41) is 0.754. The summed E-state index contributed by atoms with van der Waals surface area (Å²) in [7, 11) is 0. The van der Waals surface area contributed by atoms with Crippen LogP contribution >= 0.6 is 34.2 Å². The Labute approximate surface area is 173 Å². The van der Waals surface area contributed by atoms with Gasteiger partial charge in [0, 0.05) is 11.1 Å². The monoisotopic (exact) mass is 478 g/mol. The molecule has 0 saturated heterocycles. The maximum absolute atomic E-state index is 6.37. The number of alkyl halides is 1. The lowest BCUT2D eigenvalue weighted by molar-refractivity contribution is 0.304. The molecule has 0 N–H and O–H groups in total. The minimum atomic E-state index is 0.529. The molecule has 3 rings (SSSR count). The zero-order valence-electron chi connectivity index (χ0n) is 14.3. The van der Waals surface area contributed by atoms with Crippen molar-refractivity contribution in [1.29, 1.82) is 0 Å². The summed E-state index contributed by atoms with van der Waals surface area (Å²) in [6, 6.07) is 23.6. The van der Waals surface area contributed by atoms with Crippen LogP contribution in [0.15, 0.2) is 72.8 Å². The Morgan fingerprint density at radius 3 is 2.35 bits per heavy atom. The molecule has 134 valence electrons. The smallest absolute Gasteiger partial charge is 0.131 e. The molecule has 3 aromatic carbocycles. The van der Waals surface area contributed by atoms with Crippen molar-refractivity contribution in [2.45, 2.75) is 19.4 Å². The summed E-state index contributed by atoms with van der Waals surface area (Å²) in [6.45, 7) is 0.529. The average Bonchev–Trinajstić information content (AvgIpc) is 2.67. The van der Waals surface area contributed by atoms with Crippen LogP contribution in [0.2, 0.25) is 5.02 Å². The second kappa shape index (κ2) is 9.83. The summed E-state index contributed by atoms with van der Waals surface area (Å²) in [5.41, 5.74) is 2.29. The predicted octanol–water partition coefficient (Wildman–Crippen LogP) is 7.08. The largest absolute Gasteiger partial charge is 0.489 e. The fourth-order valence-corrected chi connectivity index (χ4v) is 3.20. The van der Waals surface area contributed by atoms with Gasteiger partial charge in [-0.1, -0.05) is 76.7 Å². The van der Waals surface area contributed by atoms with Crippen molar-refractivity contribution in [2.24, 2.45) is 0 Å². The van der Waals surface area contributed by atoms with Crippen molar-refractivity contribution >= 4 is 34.2 Å². The summed E-state index contributed by atoms with van der Waals surface area (Å²) in [5.74, 6) is 2.23. The molecule has 0 heterocycles. The molecule has 0 aliphatic carbocycles. The van der Waals surface area contributed by atoms with Gasteiger partial charge in [-0.2, -0.15) is 0 Å². The summed E-state index contributed by atoms with van der Waals surface area (Å²) < 4.78 is 12.9. The lowest BCUT2D eigenvalue weighted by Gasteiger charge is -2.11. The lowest BCUT2D eigenvalue weighted by Crippen LogP contribution is -1.95. The first-order chi connectivity index (χ1) is 12.7. The highest BCUT2D eigenvalue weighted by Crippen LogP contribution is 2.29. The Hall–Kier alpha value is -1.72. The highest BCUT2D eigenvalue weighted by Gasteiger charge is 2.05. The summed E-state index contributed by atoms with van der Waals surface area (Å²) >= 11 is 8.75. The van der Waals surface area contributed by atoms with E-state index in [1.54, 1.807) is 0 Å². The highest BCUT2D eigenvalue weighted by atomic mass is 127. The predicted molar refractivity (Wildman–Crippen MR) is 116 cm³/mol. The SMILES string of the molecule is Clc1cc(Oc2cccc(OCc3ccccc3)c2)ccc1CCCI. The maximum atomic E-state index is 6.37. The van der Waals surface area contributed by atoms with Crippen LogP contribution in [0.4, 0.5) is 0 Å². The molecule has 0 fully saturated rings. The fraction of sp³-hybridized carbons (Fsp3) is 0.182. The molecule has 0 bridgehead atoms. The van der Waals surface area contributed by atoms with Gasteiger partial charge in [0.15, 0.2) is 0 Å². The Bertz CT molecular complexity index is 837. The molecule has 0 aliphatic heterocycles. The second-order valence-electron chi connectivity index (χ2n) is 5.90. The zero-order valence-corrected chi connectivity index (χ0v) is 17.2. The first-order valence-corrected chi connectivity index (χ1v) is 10.4. The van der Waals surface area contributed by atoms with Crippen LogP contribution in [0.5, 0.6) is 17.2 Å². The van der Waals surface area contributed by atoms with Crippen LogP contribution < -0.4 is 9.47 Å². The molecule has 4 heteroatoms. The van der Waals surface area contributed by atoms with Crippen molar-refractivity contribution in [2.75, 3.05) is 4.43 Å². The second-order valence-corrected chi connectivity index (χ2v) is 7.38. The number of ether oxygens (including phenoxy) is 2. The van der Waals surface area contributed by atoms with E-state index in [2.05, 4.69) is 22.6 Å². The molecule has 0 aliphatic rings. The first-order valence-electron chi connectivity index (χ1n) is 8.53. The molecular weight excluding hydrogens is 459 g/mol. The minimum Gasteiger partial charge on any atom is -0.489 e. The third-order valence-electron chi connectivity index (χ3n) is 3.89. The van der Waals surface area contributed by atoms with Gasteiger partial charge in [-0.15, -0.1) is 0 Å². The van der Waals surface area contributed by atoms with Gasteiger partial charge in [0.1, 0.15) is 23.9 Å². The van der Waals surface area contributed by atoms with E-state index in [-0.39, 0.29) is 0 Å². The topological polar surface area (TPSA) is 18.5 Å². The van der Waals surface area contributed by atoms with E-state index >= 15 is 0 Å². The van der Waals surface area contributed by atoms with Gasteiger partial charge in [0.2, 0.25) is 0 Å². The zero-order chi connectivity index (χ0) is 18.2. The van der Waals surface area contributed by atoms with Gasteiger partial charge >= 0.3 is 0 Å². The summed E-state index contributed by atoms with van der Waals surface area (Å²) in [4.78, 5) is 0. The normalized spacial score (nSPS) is 10.5. The van der Waals surface area contributed by atoms with E-state index in [0.717, 1.165) is 50.7 Å². The quantitative estimate of drug-likeness (QED) is 0.254. The third-order valence-corrected chi connectivity index (χ3v) is 5.01. The maximum Gasteiger partial charge on any atom is 0.131 e. The van der Waals surface area contributed by atoms with Gasteiger partial charge in [0.25, 0.3) is 0 Å². The Kier molecular flexibility index (Phi) is 7.21. The first kappa shape index (κ1) is 19.1. The van der Waals surface area contributed by atoms with Crippen LogP contribution in [0, 0.1) is 0 Å². The molecule has 0 atom stereocenters. The van der Waals surface area contributed by atoms with Gasteiger partial charge in [-0.05, 0) is 52.7 Å². The Morgan fingerprint density at radius 2 is 1.58 bits per heavy atom. The van der Waals surface area contributed by atoms with Gasteiger partial charge in [0.05, 0.1) is 0 Å². The minimum absolute atomic E-state index is 0.529. The van der Waals surface area contributed by atoms with Crippen molar-refractivity contribution in [3.05, 3.63) is 88.9 Å². The van der Waals surface area contributed by atoms with E-state index in [9.17, 15) is 0 Å². The van der Waals surface area contributed by atoms with Crippen molar-refractivity contribution in [3.63, 3.8) is 0 Å². The third kappa shape index (κ3) is 5.64.